The van der Waals surface area contributed by atoms with Gasteiger partial charge in [-0.3, -0.25) is 10.1 Å². The quantitative estimate of drug-likeness (QED) is 0.549. The second-order valence-electron chi connectivity index (χ2n) is 6.64. The van der Waals surface area contributed by atoms with Crippen molar-refractivity contribution >= 4 is 49.5 Å². The molecule has 2 aromatic heterocycles. The van der Waals surface area contributed by atoms with Crippen LogP contribution in [0.4, 0.5) is 6.01 Å². The highest BCUT2D eigenvalue weighted by Crippen LogP contribution is 2.27. The number of nitrogens with one attached hydrogen (secondary N) is 1. The number of hydrogen-bond acceptors (Lipinski definition) is 7. The monoisotopic (exact) mass is 514 g/mol. The number of hydrogen-bond donors (Lipinski definition) is 1. The molecule has 1 amide bonds. The van der Waals surface area contributed by atoms with Gasteiger partial charge in [-0.15, -0.1) is 5.10 Å². The van der Waals surface area contributed by atoms with E-state index in [1.165, 1.54) is 28.6 Å². The van der Waals surface area contributed by atoms with E-state index in [0.717, 1.165) is 0 Å². The van der Waals surface area contributed by atoms with Crippen LogP contribution in [0.5, 0.6) is 0 Å². The van der Waals surface area contributed by atoms with Crippen LogP contribution in [0.25, 0.3) is 11.7 Å². The summed E-state index contributed by atoms with van der Waals surface area (Å²) >= 11 is 9.01. The van der Waals surface area contributed by atoms with E-state index in [4.69, 9.17) is 20.4 Å². The number of furan rings is 1. The molecule has 0 unspecified atom stereocenters. The van der Waals surface area contributed by atoms with Crippen molar-refractivity contribution in [1.29, 1.82) is 0 Å². The van der Waals surface area contributed by atoms with E-state index in [2.05, 4.69) is 31.4 Å². The molecule has 1 aromatic carbocycles. The predicted molar refractivity (Wildman–Crippen MR) is 111 cm³/mol. The van der Waals surface area contributed by atoms with Crippen molar-refractivity contribution < 1.29 is 22.0 Å². The molecule has 0 spiro atoms. The molecule has 3 heterocycles. The van der Waals surface area contributed by atoms with Crippen molar-refractivity contribution in [1.82, 2.24) is 14.5 Å². The lowest BCUT2D eigenvalue weighted by Crippen LogP contribution is -2.41. The van der Waals surface area contributed by atoms with Crippen LogP contribution < -0.4 is 5.32 Å². The van der Waals surface area contributed by atoms with Crippen LogP contribution in [0.2, 0.25) is 5.02 Å². The lowest BCUT2D eigenvalue weighted by molar-refractivity contribution is -0.121. The molecule has 0 atom stereocenters. The fraction of sp³-hybridized carbons (Fsp3) is 0.278. The second kappa shape index (κ2) is 8.50. The van der Waals surface area contributed by atoms with Gasteiger partial charge in [0.05, 0.1) is 4.90 Å². The van der Waals surface area contributed by atoms with Crippen molar-refractivity contribution in [2.75, 3.05) is 18.4 Å². The minimum Gasteiger partial charge on any atom is -0.444 e. The molecule has 1 aliphatic heterocycles. The summed E-state index contributed by atoms with van der Waals surface area (Å²) in [5.41, 5.74) is 0. The average molecular weight is 516 g/mol. The third kappa shape index (κ3) is 4.43. The summed E-state index contributed by atoms with van der Waals surface area (Å²) in [5.74, 6) is -0.153. The van der Waals surface area contributed by atoms with Crippen LogP contribution in [0.15, 0.2) is 54.8 Å². The van der Waals surface area contributed by atoms with Gasteiger partial charge in [-0.25, -0.2) is 8.42 Å². The lowest BCUT2D eigenvalue weighted by Gasteiger charge is -2.30. The van der Waals surface area contributed by atoms with E-state index < -0.39 is 10.0 Å². The molecule has 158 valence electrons. The minimum absolute atomic E-state index is 0.0428. The van der Waals surface area contributed by atoms with Gasteiger partial charge < -0.3 is 8.83 Å². The number of halogens is 2. The van der Waals surface area contributed by atoms with Crippen molar-refractivity contribution in [3.05, 3.63) is 46.1 Å². The van der Waals surface area contributed by atoms with E-state index >= 15 is 0 Å². The van der Waals surface area contributed by atoms with Gasteiger partial charge in [0, 0.05) is 24.0 Å². The van der Waals surface area contributed by atoms with Gasteiger partial charge in [-0.05, 0) is 65.2 Å². The maximum Gasteiger partial charge on any atom is 0.322 e. The first-order chi connectivity index (χ1) is 14.3. The first kappa shape index (κ1) is 21.0. The molecule has 1 N–H and O–H groups in total. The maximum absolute atomic E-state index is 12.7. The number of anilines is 1. The highest BCUT2D eigenvalue weighted by molar-refractivity contribution is 9.10. The van der Waals surface area contributed by atoms with Crippen molar-refractivity contribution in [3.63, 3.8) is 0 Å². The Labute approximate surface area is 185 Å². The average Bonchev–Trinajstić information content (AvgIpc) is 3.37. The molecule has 1 aliphatic rings. The summed E-state index contributed by atoms with van der Waals surface area (Å²) in [5, 5.41) is 10.7. The van der Waals surface area contributed by atoms with Gasteiger partial charge in [-0.1, -0.05) is 16.7 Å². The Morgan fingerprint density at radius 3 is 2.43 bits per heavy atom. The van der Waals surface area contributed by atoms with E-state index in [-0.39, 0.29) is 41.7 Å². The molecule has 0 bridgehead atoms. The first-order valence-electron chi connectivity index (χ1n) is 8.99. The third-order valence-electron chi connectivity index (χ3n) is 4.72. The molecule has 12 heteroatoms. The molecule has 4 rings (SSSR count). The number of nitrogens with zero attached hydrogens (tertiary/aromatic N) is 3. The zero-order valence-corrected chi connectivity index (χ0v) is 18.6. The smallest absolute Gasteiger partial charge is 0.322 e. The Balaban J connectivity index is 1.35. The van der Waals surface area contributed by atoms with Crippen LogP contribution in [0.1, 0.15) is 12.8 Å². The van der Waals surface area contributed by atoms with Crippen molar-refractivity contribution in [3.8, 4) is 11.7 Å². The number of carbonyl (C=O) groups is 1. The molecular weight excluding hydrogens is 500 g/mol. The molecule has 9 nitrogen and oxygen atoms in total. The molecule has 1 saturated heterocycles. The first-order valence-corrected chi connectivity index (χ1v) is 11.6. The Bertz CT molecular complexity index is 1150. The summed E-state index contributed by atoms with van der Waals surface area (Å²) in [6.07, 6.45) is 0.759. The third-order valence-corrected chi connectivity index (χ3v) is 7.31. The van der Waals surface area contributed by atoms with Gasteiger partial charge in [0.15, 0.2) is 10.4 Å². The minimum atomic E-state index is -3.62. The van der Waals surface area contributed by atoms with E-state index in [1.807, 2.05) is 0 Å². The highest BCUT2D eigenvalue weighted by atomic mass is 79.9. The fourth-order valence-electron chi connectivity index (χ4n) is 3.12. The van der Waals surface area contributed by atoms with E-state index in [9.17, 15) is 13.2 Å². The zero-order chi connectivity index (χ0) is 21.3. The number of sulfonamides is 1. The standard InChI is InChI=1S/C18H16BrClN4O5S/c19-15-6-5-14(28-15)17-22-23-18(29-17)21-16(25)11-7-9-24(10-8-11)30(26,27)13-3-1-12(20)2-4-13/h1-6,11H,7-10H2,(H,21,23,25). The number of benzene rings is 1. The van der Waals surface area contributed by atoms with Crippen LogP contribution in [0.3, 0.4) is 0 Å². The zero-order valence-electron chi connectivity index (χ0n) is 15.4. The Kier molecular flexibility index (Phi) is 5.96. The Hall–Kier alpha value is -2.21. The van der Waals surface area contributed by atoms with Gasteiger partial charge >= 0.3 is 6.01 Å². The Morgan fingerprint density at radius 1 is 1.10 bits per heavy atom. The molecule has 0 radical (unpaired) electrons. The highest BCUT2D eigenvalue weighted by Gasteiger charge is 2.32. The van der Waals surface area contributed by atoms with Crippen LogP contribution in [-0.2, 0) is 14.8 Å². The predicted octanol–water partition coefficient (Wildman–Crippen LogP) is 3.78. The number of aromatic nitrogens is 2. The van der Waals surface area contributed by atoms with Gasteiger partial charge in [-0.2, -0.15) is 4.31 Å². The summed E-state index contributed by atoms with van der Waals surface area (Å²) in [6.45, 7) is 0.469. The second-order valence-corrected chi connectivity index (χ2v) is 9.79. The molecule has 0 aliphatic carbocycles. The van der Waals surface area contributed by atoms with E-state index in [1.54, 1.807) is 12.1 Å². The molecule has 1 fully saturated rings. The number of amides is 1. The molecule has 3 aromatic rings. The maximum atomic E-state index is 12.7. The fourth-order valence-corrected chi connectivity index (χ4v) is 5.03. The SMILES string of the molecule is O=C(Nc1nnc(-c2ccc(Br)o2)o1)C1CCN(S(=O)(=O)c2ccc(Cl)cc2)CC1. The van der Waals surface area contributed by atoms with Gasteiger partial charge in [0.2, 0.25) is 15.9 Å². The molecular formula is C18H16BrClN4O5S. The number of rotatable bonds is 5. The molecule has 30 heavy (non-hydrogen) atoms. The number of piperidine rings is 1. The van der Waals surface area contributed by atoms with Gasteiger partial charge in [0.25, 0.3) is 5.89 Å². The van der Waals surface area contributed by atoms with Crippen LogP contribution in [-0.4, -0.2) is 41.9 Å². The topological polar surface area (TPSA) is 119 Å². The lowest BCUT2D eigenvalue weighted by atomic mass is 9.97. The molecule has 0 saturated carbocycles. The van der Waals surface area contributed by atoms with E-state index in [0.29, 0.717) is 28.3 Å². The summed E-state index contributed by atoms with van der Waals surface area (Å²) in [6, 6.07) is 9.31. The van der Waals surface area contributed by atoms with Crippen molar-refractivity contribution in [2.24, 2.45) is 5.92 Å². The van der Waals surface area contributed by atoms with Gasteiger partial charge in [0.1, 0.15) is 0 Å². The largest absolute Gasteiger partial charge is 0.444 e. The number of carbonyl (C=O) groups excluding carboxylic acids is 1. The summed E-state index contributed by atoms with van der Waals surface area (Å²) in [4.78, 5) is 12.7. The van der Waals surface area contributed by atoms with Crippen LogP contribution in [0, 0.1) is 5.92 Å². The Morgan fingerprint density at radius 2 is 1.80 bits per heavy atom. The van der Waals surface area contributed by atoms with Crippen LogP contribution >= 0.6 is 27.5 Å². The summed E-state index contributed by atoms with van der Waals surface area (Å²) < 4.78 is 38.1. The van der Waals surface area contributed by atoms with Crippen molar-refractivity contribution in [2.45, 2.75) is 17.7 Å². The summed E-state index contributed by atoms with van der Waals surface area (Å²) in [7, 11) is -3.62. The normalized spacial score (nSPS) is 15.9.